The molecule has 0 amide bonds. The summed E-state index contributed by atoms with van der Waals surface area (Å²) < 4.78 is 5.65. The van der Waals surface area contributed by atoms with E-state index in [-0.39, 0.29) is 12.3 Å². The van der Waals surface area contributed by atoms with Gasteiger partial charge in [0.15, 0.2) is 0 Å². The molecule has 2 aromatic carbocycles. The number of nitrogens with zero attached hydrogens (tertiary/aromatic N) is 1. The van der Waals surface area contributed by atoms with E-state index in [0.717, 1.165) is 16.9 Å². The molecule has 0 aliphatic carbocycles. The average molecular weight is 278 g/mol. The van der Waals surface area contributed by atoms with E-state index in [1.165, 1.54) is 12.1 Å². The van der Waals surface area contributed by atoms with E-state index in [4.69, 9.17) is 16.3 Å². The zero-order valence-corrected chi connectivity index (χ0v) is 11.1. The van der Waals surface area contributed by atoms with Crippen molar-refractivity contribution < 1.29 is 9.66 Å². The number of hydrogen-bond acceptors (Lipinski definition) is 3. The summed E-state index contributed by atoms with van der Waals surface area (Å²) in [5.41, 5.74) is 1.72. The van der Waals surface area contributed by atoms with Crippen molar-refractivity contribution in [1.29, 1.82) is 0 Å². The van der Waals surface area contributed by atoms with Crippen LogP contribution in [0.1, 0.15) is 11.1 Å². The fraction of sp³-hybridized carbons (Fsp3) is 0.143. The van der Waals surface area contributed by atoms with E-state index >= 15 is 0 Å². The maximum atomic E-state index is 10.6. The molecular formula is C14H12ClNO3. The van der Waals surface area contributed by atoms with Gasteiger partial charge in [0.25, 0.3) is 5.69 Å². The van der Waals surface area contributed by atoms with Gasteiger partial charge in [-0.2, -0.15) is 0 Å². The molecule has 0 unspecified atom stereocenters. The Morgan fingerprint density at radius 2 is 2.00 bits per heavy atom. The van der Waals surface area contributed by atoms with E-state index in [9.17, 15) is 10.1 Å². The second-order valence-corrected chi connectivity index (χ2v) is 4.49. The summed E-state index contributed by atoms with van der Waals surface area (Å²) in [5.74, 6) is 0.775. The molecule has 0 atom stereocenters. The van der Waals surface area contributed by atoms with Crippen molar-refractivity contribution in [2.45, 2.75) is 13.5 Å². The first-order valence-electron chi connectivity index (χ1n) is 5.69. The van der Waals surface area contributed by atoms with Crippen LogP contribution in [0.25, 0.3) is 0 Å². The van der Waals surface area contributed by atoms with Crippen molar-refractivity contribution in [3.05, 3.63) is 68.7 Å². The Bertz CT molecular complexity index is 613. The van der Waals surface area contributed by atoms with E-state index in [1.807, 2.05) is 31.2 Å². The zero-order valence-electron chi connectivity index (χ0n) is 10.3. The molecule has 0 heterocycles. The predicted molar refractivity (Wildman–Crippen MR) is 73.6 cm³/mol. The second kappa shape index (κ2) is 5.71. The highest BCUT2D eigenvalue weighted by Gasteiger charge is 2.10. The minimum absolute atomic E-state index is 0.0235. The summed E-state index contributed by atoms with van der Waals surface area (Å²) in [6, 6.07) is 12.0. The van der Waals surface area contributed by atoms with Crippen LogP contribution in [0.2, 0.25) is 5.02 Å². The maximum absolute atomic E-state index is 10.6. The summed E-state index contributed by atoms with van der Waals surface area (Å²) in [6.07, 6.45) is 0. The van der Waals surface area contributed by atoms with Gasteiger partial charge in [-0.25, -0.2) is 0 Å². The van der Waals surface area contributed by atoms with Crippen LogP contribution in [0.4, 0.5) is 5.69 Å². The molecule has 4 nitrogen and oxygen atoms in total. The van der Waals surface area contributed by atoms with Gasteiger partial charge in [0.2, 0.25) is 0 Å². The van der Waals surface area contributed by atoms with Gasteiger partial charge in [-0.05, 0) is 24.6 Å². The molecule has 0 saturated heterocycles. The number of rotatable bonds is 4. The lowest BCUT2D eigenvalue weighted by Gasteiger charge is -2.09. The van der Waals surface area contributed by atoms with Crippen LogP contribution < -0.4 is 4.74 Å². The highest BCUT2D eigenvalue weighted by Crippen LogP contribution is 2.24. The van der Waals surface area contributed by atoms with E-state index in [2.05, 4.69) is 0 Å². The van der Waals surface area contributed by atoms with Crippen LogP contribution in [-0.2, 0) is 6.61 Å². The minimum Gasteiger partial charge on any atom is -0.489 e. The second-order valence-electron chi connectivity index (χ2n) is 4.09. The third kappa shape index (κ3) is 3.23. The van der Waals surface area contributed by atoms with Crippen molar-refractivity contribution in [3.63, 3.8) is 0 Å². The monoisotopic (exact) mass is 277 g/mol. The Kier molecular flexibility index (Phi) is 4.02. The van der Waals surface area contributed by atoms with Crippen molar-refractivity contribution in [2.24, 2.45) is 0 Å². The molecule has 0 aliphatic rings. The van der Waals surface area contributed by atoms with Crippen LogP contribution >= 0.6 is 11.6 Å². The van der Waals surface area contributed by atoms with Gasteiger partial charge in [-0.1, -0.05) is 29.8 Å². The quantitative estimate of drug-likeness (QED) is 0.623. The van der Waals surface area contributed by atoms with Gasteiger partial charge in [-0.3, -0.25) is 10.1 Å². The molecule has 98 valence electrons. The number of hydrogen-bond donors (Lipinski definition) is 0. The number of benzene rings is 2. The van der Waals surface area contributed by atoms with Crippen molar-refractivity contribution in [1.82, 2.24) is 0 Å². The molecule has 5 heteroatoms. The molecule has 0 aliphatic heterocycles. The van der Waals surface area contributed by atoms with Crippen LogP contribution in [0.15, 0.2) is 42.5 Å². The fourth-order valence-corrected chi connectivity index (χ4v) is 1.87. The summed E-state index contributed by atoms with van der Waals surface area (Å²) in [5, 5.41) is 10.9. The standard InChI is InChI=1S/C14H12ClNO3/c1-10-4-2-3-5-14(10)19-9-11-6-7-12(16(17)18)8-13(11)15/h2-8H,9H2,1H3. The predicted octanol–water partition coefficient (Wildman–Crippen LogP) is 4.14. The number of ether oxygens (including phenoxy) is 1. The number of aryl methyl sites for hydroxylation is 1. The topological polar surface area (TPSA) is 52.4 Å². The number of para-hydroxylation sites is 1. The van der Waals surface area contributed by atoms with Gasteiger partial charge in [0.1, 0.15) is 12.4 Å². The smallest absolute Gasteiger partial charge is 0.270 e. The van der Waals surface area contributed by atoms with Crippen molar-refractivity contribution in [2.75, 3.05) is 0 Å². The fourth-order valence-electron chi connectivity index (χ4n) is 1.64. The van der Waals surface area contributed by atoms with Crippen LogP contribution in [-0.4, -0.2) is 4.92 Å². The number of halogens is 1. The summed E-state index contributed by atoms with van der Waals surface area (Å²) in [6.45, 7) is 2.23. The summed E-state index contributed by atoms with van der Waals surface area (Å²) in [4.78, 5) is 10.1. The Morgan fingerprint density at radius 3 is 2.63 bits per heavy atom. The van der Waals surface area contributed by atoms with Gasteiger partial charge in [0, 0.05) is 17.7 Å². The molecule has 2 rings (SSSR count). The van der Waals surface area contributed by atoms with Gasteiger partial charge < -0.3 is 4.74 Å². The minimum atomic E-state index is -0.474. The first-order chi connectivity index (χ1) is 9.08. The molecule has 0 fully saturated rings. The lowest BCUT2D eigenvalue weighted by atomic mass is 10.2. The Hall–Kier alpha value is -2.07. The number of nitro groups is 1. The Balaban J connectivity index is 2.12. The van der Waals surface area contributed by atoms with Gasteiger partial charge >= 0.3 is 0 Å². The summed E-state index contributed by atoms with van der Waals surface area (Å²) >= 11 is 6.00. The third-order valence-electron chi connectivity index (χ3n) is 2.72. The zero-order chi connectivity index (χ0) is 13.8. The molecule has 0 radical (unpaired) electrons. The van der Waals surface area contributed by atoms with Crippen LogP contribution in [0, 0.1) is 17.0 Å². The molecule has 19 heavy (non-hydrogen) atoms. The van der Waals surface area contributed by atoms with Crippen LogP contribution in [0.3, 0.4) is 0 Å². The number of non-ortho nitro benzene ring substituents is 1. The first-order valence-corrected chi connectivity index (χ1v) is 6.07. The maximum Gasteiger partial charge on any atom is 0.270 e. The molecule has 0 spiro atoms. The highest BCUT2D eigenvalue weighted by molar-refractivity contribution is 6.31. The molecule has 2 aromatic rings. The lowest BCUT2D eigenvalue weighted by Crippen LogP contribution is -1.98. The SMILES string of the molecule is Cc1ccccc1OCc1ccc([N+](=O)[O-])cc1Cl. The van der Waals surface area contributed by atoms with E-state index in [0.29, 0.717) is 5.02 Å². The normalized spacial score (nSPS) is 10.2. The van der Waals surface area contributed by atoms with Crippen molar-refractivity contribution >= 4 is 17.3 Å². The largest absolute Gasteiger partial charge is 0.489 e. The van der Waals surface area contributed by atoms with Crippen LogP contribution in [0.5, 0.6) is 5.75 Å². The number of nitro benzene ring substituents is 1. The summed E-state index contributed by atoms with van der Waals surface area (Å²) in [7, 11) is 0. The molecular weight excluding hydrogens is 266 g/mol. The highest BCUT2D eigenvalue weighted by atomic mass is 35.5. The van der Waals surface area contributed by atoms with E-state index < -0.39 is 4.92 Å². The molecule has 0 aromatic heterocycles. The molecule has 0 saturated carbocycles. The molecule has 0 N–H and O–H groups in total. The first kappa shape index (κ1) is 13.4. The van der Waals surface area contributed by atoms with Crippen molar-refractivity contribution in [3.8, 4) is 5.75 Å². The lowest BCUT2D eigenvalue weighted by molar-refractivity contribution is -0.384. The Morgan fingerprint density at radius 1 is 1.26 bits per heavy atom. The van der Waals surface area contributed by atoms with E-state index in [1.54, 1.807) is 6.07 Å². The third-order valence-corrected chi connectivity index (χ3v) is 3.08. The Labute approximate surface area is 115 Å². The van der Waals surface area contributed by atoms with Gasteiger partial charge in [0.05, 0.1) is 9.95 Å². The molecule has 0 bridgehead atoms. The van der Waals surface area contributed by atoms with Gasteiger partial charge in [-0.15, -0.1) is 0 Å². The average Bonchev–Trinajstić information content (AvgIpc) is 2.39.